The molecule has 0 radical (unpaired) electrons. The average Bonchev–Trinajstić information content (AvgIpc) is 2.67. The topological polar surface area (TPSA) is 17.1 Å². The lowest BCUT2D eigenvalue weighted by Gasteiger charge is -2.08. The quantitative estimate of drug-likeness (QED) is 0.416. The lowest BCUT2D eigenvalue weighted by molar-refractivity contribution is -0.111. The maximum absolute atomic E-state index is 10.4. The van der Waals surface area contributed by atoms with Crippen LogP contribution in [-0.2, 0) is 4.79 Å². The number of carbonyl (C=O) groups is 1. The van der Waals surface area contributed by atoms with E-state index in [1.54, 1.807) is 0 Å². The molecule has 62 valence electrons. The van der Waals surface area contributed by atoms with E-state index in [9.17, 15) is 4.79 Å². The highest BCUT2D eigenvalue weighted by atomic mass is 16.1. The van der Waals surface area contributed by atoms with E-state index in [1.807, 2.05) is 13.8 Å². The van der Waals surface area contributed by atoms with Crippen LogP contribution in [-0.4, -0.2) is 6.29 Å². The lowest BCUT2D eigenvalue weighted by atomic mass is 9.95. The Hall–Kier alpha value is -0.590. The summed E-state index contributed by atoms with van der Waals surface area (Å²) >= 11 is 0. The van der Waals surface area contributed by atoms with Gasteiger partial charge in [-0.2, -0.15) is 0 Å². The average molecular weight is 152 g/mol. The van der Waals surface area contributed by atoms with Crippen molar-refractivity contribution in [2.24, 2.45) is 17.8 Å². The molecular formula is C10H16O. The van der Waals surface area contributed by atoms with Crippen LogP contribution in [0.3, 0.4) is 0 Å². The predicted octanol–water partition coefficient (Wildman–Crippen LogP) is 2.42. The number of rotatable bonds is 1. The molecule has 11 heavy (non-hydrogen) atoms. The Morgan fingerprint density at radius 1 is 1.27 bits per heavy atom. The van der Waals surface area contributed by atoms with Gasteiger partial charge in [-0.25, -0.2) is 0 Å². The van der Waals surface area contributed by atoms with Gasteiger partial charge in [0.25, 0.3) is 0 Å². The van der Waals surface area contributed by atoms with Crippen LogP contribution in [0.1, 0.15) is 26.7 Å². The number of carbonyl (C=O) groups excluding carboxylic acids is 1. The zero-order valence-corrected chi connectivity index (χ0v) is 7.29. The maximum Gasteiger partial charge on any atom is 0.123 e. The van der Waals surface area contributed by atoms with Crippen molar-refractivity contribution in [3.8, 4) is 0 Å². The SMILES string of the molecule is CC.O=CC1CC2C=CC1C2. The van der Waals surface area contributed by atoms with E-state index in [1.165, 1.54) is 6.42 Å². The Morgan fingerprint density at radius 2 is 2.00 bits per heavy atom. The highest BCUT2D eigenvalue weighted by Gasteiger charge is 2.34. The van der Waals surface area contributed by atoms with Crippen molar-refractivity contribution in [1.82, 2.24) is 0 Å². The second-order valence-electron chi connectivity index (χ2n) is 3.08. The first-order valence-electron chi connectivity index (χ1n) is 4.54. The van der Waals surface area contributed by atoms with Crippen molar-refractivity contribution in [3.63, 3.8) is 0 Å². The fraction of sp³-hybridized carbons (Fsp3) is 0.700. The Labute approximate surface area is 68.5 Å². The van der Waals surface area contributed by atoms with Gasteiger partial charge in [0.05, 0.1) is 0 Å². The summed E-state index contributed by atoms with van der Waals surface area (Å²) in [6, 6.07) is 0. The first kappa shape index (κ1) is 8.51. The number of aldehydes is 1. The molecule has 2 rings (SSSR count). The summed E-state index contributed by atoms with van der Waals surface area (Å²) < 4.78 is 0. The van der Waals surface area contributed by atoms with E-state index < -0.39 is 0 Å². The van der Waals surface area contributed by atoms with E-state index in [4.69, 9.17) is 0 Å². The molecule has 0 saturated heterocycles. The third-order valence-electron chi connectivity index (χ3n) is 2.51. The van der Waals surface area contributed by atoms with Gasteiger partial charge < -0.3 is 4.79 Å². The number of fused-ring (bicyclic) bond motifs is 2. The molecule has 2 bridgehead atoms. The minimum absolute atomic E-state index is 0.361. The molecule has 0 aromatic heterocycles. The fourth-order valence-electron chi connectivity index (χ4n) is 1.98. The minimum atomic E-state index is 0.361. The molecule has 0 spiro atoms. The highest BCUT2D eigenvalue weighted by molar-refractivity contribution is 5.56. The predicted molar refractivity (Wildman–Crippen MR) is 46.3 cm³/mol. The molecule has 3 unspecified atom stereocenters. The van der Waals surface area contributed by atoms with Crippen molar-refractivity contribution in [2.75, 3.05) is 0 Å². The van der Waals surface area contributed by atoms with Gasteiger partial charge in [0.15, 0.2) is 0 Å². The molecule has 1 heteroatoms. The van der Waals surface area contributed by atoms with Gasteiger partial charge in [-0.1, -0.05) is 26.0 Å². The monoisotopic (exact) mass is 152 g/mol. The summed E-state index contributed by atoms with van der Waals surface area (Å²) in [5, 5.41) is 0. The number of hydrogen-bond donors (Lipinski definition) is 0. The summed E-state index contributed by atoms with van der Waals surface area (Å²) in [4.78, 5) is 10.4. The van der Waals surface area contributed by atoms with E-state index in [-0.39, 0.29) is 0 Å². The zero-order valence-electron chi connectivity index (χ0n) is 7.29. The maximum atomic E-state index is 10.4. The van der Waals surface area contributed by atoms with Crippen LogP contribution in [0.4, 0.5) is 0 Å². The van der Waals surface area contributed by atoms with Gasteiger partial charge in [-0.05, 0) is 24.7 Å². The lowest BCUT2D eigenvalue weighted by Crippen LogP contribution is -2.07. The van der Waals surface area contributed by atoms with Gasteiger partial charge in [-0.3, -0.25) is 0 Å². The molecule has 2 aliphatic rings. The standard InChI is InChI=1S/C8H10O.C2H6/c9-5-8-4-6-1-2-7(8)3-6;1-2/h1-2,5-8H,3-4H2;1-2H3. The summed E-state index contributed by atoms with van der Waals surface area (Å²) in [6.07, 6.45) is 7.93. The molecule has 0 aromatic rings. The fourth-order valence-corrected chi connectivity index (χ4v) is 1.98. The first-order valence-corrected chi connectivity index (χ1v) is 4.54. The van der Waals surface area contributed by atoms with Crippen LogP contribution in [0.25, 0.3) is 0 Å². The molecule has 3 atom stereocenters. The van der Waals surface area contributed by atoms with E-state index in [0.29, 0.717) is 11.8 Å². The van der Waals surface area contributed by atoms with Crippen LogP contribution in [0.5, 0.6) is 0 Å². The second kappa shape index (κ2) is 3.70. The van der Waals surface area contributed by atoms with Crippen LogP contribution in [0, 0.1) is 17.8 Å². The molecule has 1 nitrogen and oxygen atoms in total. The van der Waals surface area contributed by atoms with Crippen molar-refractivity contribution in [3.05, 3.63) is 12.2 Å². The molecule has 1 saturated carbocycles. The van der Waals surface area contributed by atoms with Crippen LogP contribution >= 0.6 is 0 Å². The van der Waals surface area contributed by atoms with Gasteiger partial charge >= 0.3 is 0 Å². The van der Waals surface area contributed by atoms with Gasteiger partial charge in [0.1, 0.15) is 6.29 Å². The molecule has 0 aliphatic heterocycles. The summed E-state index contributed by atoms with van der Waals surface area (Å²) in [5.41, 5.74) is 0. The third-order valence-corrected chi connectivity index (χ3v) is 2.51. The van der Waals surface area contributed by atoms with E-state index >= 15 is 0 Å². The zero-order chi connectivity index (χ0) is 8.27. The summed E-state index contributed by atoms with van der Waals surface area (Å²) in [7, 11) is 0. The Morgan fingerprint density at radius 3 is 2.27 bits per heavy atom. The Bertz CT molecular complexity index is 160. The molecule has 1 fully saturated rings. The number of allylic oxidation sites excluding steroid dienone is 2. The van der Waals surface area contributed by atoms with Gasteiger partial charge in [0, 0.05) is 5.92 Å². The Balaban J connectivity index is 0.000000281. The molecule has 0 heterocycles. The molecule has 0 amide bonds. The van der Waals surface area contributed by atoms with E-state index in [0.717, 1.165) is 18.6 Å². The Kier molecular flexibility index (Phi) is 2.86. The highest BCUT2D eigenvalue weighted by Crippen LogP contribution is 2.42. The van der Waals surface area contributed by atoms with Crippen molar-refractivity contribution in [1.29, 1.82) is 0 Å². The summed E-state index contributed by atoms with van der Waals surface area (Å²) in [6.45, 7) is 4.00. The van der Waals surface area contributed by atoms with Crippen LogP contribution in [0.2, 0.25) is 0 Å². The minimum Gasteiger partial charge on any atom is -0.303 e. The van der Waals surface area contributed by atoms with E-state index in [2.05, 4.69) is 12.2 Å². The molecule has 2 aliphatic carbocycles. The van der Waals surface area contributed by atoms with Crippen LogP contribution < -0.4 is 0 Å². The largest absolute Gasteiger partial charge is 0.303 e. The third kappa shape index (κ3) is 1.52. The normalized spacial score (nSPS) is 38.2. The molecule has 0 aromatic carbocycles. The van der Waals surface area contributed by atoms with Crippen molar-refractivity contribution in [2.45, 2.75) is 26.7 Å². The number of hydrogen-bond acceptors (Lipinski definition) is 1. The van der Waals surface area contributed by atoms with Crippen molar-refractivity contribution >= 4 is 6.29 Å². The second-order valence-corrected chi connectivity index (χ2v) is 3.08. The van der Waals surface area contributed by atoms with Crippen molar-refractivity contribution < 1.29 is 4.79 Å². The first-order chi connectivity index (χ1) is 5.40. The van der Waals surface area contributed by atoms with Crippen LogP contribution in [0.15, 0.2) is 12.2 Å². The smallest absolute Gasteiger partial charge is 0.123 e. The van der Waals surface area contributed by atoms with Gasteiger partial charge in [0.2, 0.25) is 0 Å². The summed E-state index contributed by atoms with van der Waals surface area (Å²) in [5.74, 6) is 1.71. The van der Waals surface area contributed by atoms with Gasteiger partial charge in [-0.15, -0.1) is 0 Å². The molecule has 0 N–H and O–H groups in total. The molecular weight excluding hydrogens is 136 g/mol.